The number of ether oxygens (including phenoxy) is 1. The number of rotatable bonds is 4. The Balaban J connectivity index is 0.00000225. The monoisotopic (exact) mass is 406 g/mol. The van der Waals surface area contributed by atoms with E-state index in [2.05, 4.69) is 15.4 Å². The van der Waals surface area contributed by atoms with E-state index in [-0.39, 0.29) is 30.4 Å². The number of carbonyl (C=O) groups is 1. The van der Waals surface area contributed by atoms with Crippen LogP contribution in [0.15, 0.2) is 34.9 Å². The van der Waals surface area contributed by atoms with E-state index in [9.17, 15) is 4.79 Å². The predicted octanol–water partition coefficient (Wildman–Crippen LogP) is 2.60. The molecule has 0 spiro atoms. The number of aromatic nitrogens is 1. The predicted molar refractivity (Wildman–Crippen MR) is 110 cm³/mol. The lowest BCUT2D eigenvalue weighted by Crippen LogP contribution is -2.42. The molecule has 1 aromatic heterocycles. The summed E-state index contributed by atoms with van der Waals surface area (Å²) in [6.07, 6.45) is 3.70. The normalized spacial score (nSPS) is 22.4. The van der Waals surface area contributed by atoms with E-state index in [1.807, 2.05) is 30.3 Å². The average Bonchev–Trinajstić information content (AvgIpc) is 3.16. The van der Waals surface area contributed by atoms with Crippen LogP contribution in [0.2, 0.25) is 0 Å². The van der Waals surface area contributed by atoms with E-state index in [1.165, 1.54) is 0 Å². The Morgan fingerprint density at radius 2 is 1.79 bits per heavy atom. The summed E-state index contributed by atoms with van der Waals surface area (Å²) < 4.78 is 11.1. The van der Waals surface area contributed by atoms with Crippen LogP contribution in [0.25, 0.3) is 11.3 Å². The topological polar surface area (TPSA) is 93.6 Å². The lowest BCUT2D eigenvalue weighted by molar-refractivity contribution is 0.0925. The molecule has 0 radical (unpaired) electrons. The highest BCUT2D eigenvalue weighted by Gasteiger charge is 2.30. The van der Waals surface area contributed by atoms with Crippen molar-refractivity contribution < 1.29 is 14.1 Å². The van der Waals surface area contributed by atoms with Gasteiger partial charge in [0.15, 0.2) is 11.6 Å². The van der Waals surface area contributed by atoms with Gasteiger partial charge in [-0.3, -0.25) is 4.79 Å². The van der Waals surface area contributed by atoms with Gasteiger partial charge < -0.3 is 25.2 Å². The Morgan fingerprint density at radius 1 is 1.11 bits per heavy atom. The number of nitrogens with two attached hydrogens (primary N) is 1. The van der Waals surface area contributed by atoms with Gasteiger partial charge in [0.05, 0.1) is 13.2 Å². The van der Waals surface area contributed by atoms with Crippen LogP contribution >= 0.6 is 12.4 Å². The summed E-state index contributed by atoms with van der Waals surface area (Å²) in [6.45, 7) is 2.63. The van der Waals surface area contributed by atoms with Crippen LogP contribution in [-0.4, -0.2) is 49.5 Å². The molecule has 2 fully saturated rings. The Hall–Kier alpha value is -2.09. The summed E-state index contributed by atoms with van der Waals surface area (Å²) in [5, 5.41) is 7.44. The fourth-order valence-electron chi connectivity index (χ4n) is 3.79. The highest BCUT2D eigenvalue weighted by molar-refractivity contribution is 6.04. The third-order valence-corrected chi connectivity index (χ3v) is 5.35. The molecule has 152 valence electrons. The van der Waals surface area contributed by atoms with Gasteiger partial charge >= 0.3 is 0 Å². The first-order valence-corrected chi connectivity index (χ1v) is 9.66. The number of benzene rings is 1. The quantitative estimate of drug-likeness (QED) is 0.810. The maximum Gasteiger partial charge on any atom is 0.259 e. The van der Waals surface area contributed by atoms with Crippen LogP contribution in [0, 0.1) is 0 Å². The first-order valence-electron chi connectivity index (χ1n) is 9.66. The molecule has 7 nitrogen and oxygen atoms in total. The van der Waals surface area contributed by atoms with Gasteiger partial charge in [-0.1, -0.05) is 35.5 Å². The number of nitrogens with one attached hydrogen (secondary N) is 1. The van der Waals surface area contributed by atoms with Gasteiger partial charge in [-0.05, 0) is 25.7 Å². The van der Waals surface area contributed by atoms with Crippen LogP contribution in [-0.2, 0) is 4.74 Å². The van der Waals surface area contributed by atoms with Gasteiger partial charge in [0.2, 0.25) is 0 Å². The fourth-order valence-corrected chi connectivity index (χ4v) is 3.79. The van der Waals surface area contributed by atoms with Gasteiger partial charge in [0.1, 0.15) is 5.56 Å². The number of hydrogen-bond acceptors (Lipinski definition) is 6. The zero-order valence-corrected chi connectivity index (χ0v) is 16.6. The molecule has 0 bridgehead atoms. The highest BCUT2D eigenvalue weighted by atomic mass is 35.5. The number of anilines is 1. The van der Waals surface area contributed by atoms with Gasteiger partial charge in [-0.2, -0.15) is 0 Å². The smallest absolute Gasteiger partial charge is 0.259 e. The van der Waals surface area contributed by atoms with Crippen molar-refractivity contribution in [1.82, 2.24) is 10.5 Å². The summed E-state index contributed by atoms with van der Waals surface area (Å²) in [7, 11) is 0. The van der Waals surface area contributed by atoms with Gasteiger partial charge in [-0.25, -0.2) is 0 Å². The maximum absolute atomic E-state index is 13.2. The average molecular weight is 407 g/mol. The summed E-state index contributed by atoms with van der Waals surface area (Å²) in [5.74, 6) is 0.987. The molecular weight excluding hydrogens is 380 g/mol. The second-order valence-corrected chi connectivity index (χ2v) is 7.26. The zero-order valence-electron chi connectivity index (χ0n) is 15.8. The van der Waals surface area contributed by atoms with E-state index in [0.29, 0.717) is 43.4 Å². The molecule has 1 aliphatic carbocycles. The number of morpholine rings is 1. The van der Waals surface area contributed by atoms with Crippen molar-refractivity contribution in [3.63, 3.8) is 0 Å². The first kappa shape index (κ1) is 20.6. The molecule has 0 atom stereocenters. The summed E-state index contributed by atoms with van der Waals surface area (Å²) in [6, 6.07) is 10.0. The number of carbonyl (C=O) groups excluding carboxylic acids is 1. The van der Waals surface area contributed by atoms with Crippen molar-refractivity contribution in [2.75, 3.05) is 31.2 Å². The molecule has 4 rings (SSSR count). The van der Waals surface area contributed by atoms with Crippen molar-refractivity contribution in [2.24, 2.45) is 5.73 Å². The number of nitrogens with zero attached hydrogens (tertiary/aromatic N) is 2. The Morgan fingerprint density at radius 3 is 2.46 bits per heavy atom. The zero-order chi connectivity index (χ0) is 18.6. The first-order chi connectivity index (χ1) is 13.2. The van der Waals surface area contributed by atoms with E-state index in [0.717, 1.165) is 31.2 Å². The molecule has 2 heterocycles. The lowest BCUT2D eigenvalue weighted by Gasteiger charge is -2.28. The third-order valence-electron chi connectivity index (χ3n) is 5.35. The molecule has 3 N–H and O–H groups in total. The second-order valence-electron chi connectivity index (χ2n) is 7.26. The summed E-state index contributed by atoms with van der Waals surface area (Å²) in [4.78, 5) is 15.3. The molecule has 1 aliphatic heterocycles. The van der Waals surface area contributed by atoms with E-state index in [1.54, 1.807) is 0 Å². The summed E-state index contributed by atoms with van der Waals surface area (Å²) >= 11 is 0. The Bertz CT molecular complexity index is 769. The minimum absolute atomic E-state index is 0. The highest BCUT2D eigenvalue weighted by Crippen LogP contribution is 2.32. The number of halogens is 1. The Labute approximate surface area is 171 Å². The van der Waals surface area contributed by atoms with Gasteiger partial charge in [-0.15, -0.1) is 12.4 Å². The molecule has 1 aromatic carbocycles. The molecule has 2 aromatic rings. The molecule has 1 saturated heterocycles. The number of amides is 1. The van der Waals surface area contributed by atoms with Crippen LogP contribution in [0.5, 0.6) is 0 Å². The van der Waals surface area contributed by atoms with Crippen LogP contribution in [0.4, 0.5) is 5.82 Å². The fraction of sp³-hybridized carbons (Fsp3) is 0.500. The van der Waals surface area contributed by atoms with Crippen molar-refractivity contribution in [3.05, 3.63) is 35.9 Å². The van der Waals surface area contributed by atoms with E-state index >= 15 is 0 Å². The SMILES string of the molecule is Cl.NC1CCC(NC(=O)c2c(N3CCOCC3)noc2-c2ccccc2)CC1. The van der Waals surface area contributed by atoms with Gasteiger partial charge in [0, 0.05) is 30.7 Å². The molecule has 1 saturated carbocycles. The Kier molecular flexibility index (Phi) is 6.93. The van der Waals surface area contributed by atoms with Crippen molar-refractivity contribution in [3.8, 4) is 11.3 Å². The molecular formula is C20H27ClN4O3. The maximum atomic E-state index is 13.2. The molecule has 0 unspecified atom stereocenters. The largest absolute Gasteiger partial charge is 0.378 e. The molecule has 8 heteroatoms. The molecule has 1 amide bonds. The molecule has 28 heavy (non-hydrogen) atoms. The van der Waals surface area contributed by atoms with E-state index in [4.69, 9.17) is 15.0 Å². The van der Waals surface area contributed by atoms with Crippen LogP contribution < -0.4 is 16.0 Å². The van der Waals surface area contributed by atoms with Crippen molar-refractivity contribution in [1.29, 1.82) is 0 Å². The van der Waals surface area contributed by atoms with Crippen LogP contribution in [0.3, 0.4) is 0 Å². The van der Waals surface area contributed by atoms with Crippen LogP contribution in [0.1, 0.15) is 36.0 Å². The van der Waals surface area contributed by atoms with Crippen molar-refractivity contribution in [2.45, 2.75) is 37.8 Å². The lowest BCUT2D eigenvalue weighted by atomic mass is 9.91. The van der Waals surface area contributed by atoms with Gasteiger partial charge in [0.25, 0.3) is 5.91 Å². The van der Waals surface area contributed by atoms with E-state index < -0.39 is 0 Å². The minimum Gasteiger partial charge on any atom is -0.378 e. The standard InChI is InChI=1S/C20H26N4O3.ClH/c21-15-6-8-16(9-7-15)22-20(25)17-18(14-4-2-1-3-5-14)27-23-19(17)24-10-12-26-13-11-24;/h1-5,15-16H,6-13,21H2,(H,22,25);1H. The van der Waals surface area contributed by atoms with Crippen molar-refractivity contribution >= 4 is 24.1 Å². The number of hydrogen-bond donors (Lipinski definition) is 2. The summed E-state index contributed by atoms with van der Waals surface area (Å²) in [5.41, 5.74) is 7.35. The minimum atomic E-state index is -0.128. The molecule has 2 aliphatic rings. The second kappa shape index (κ2) is 9.41. The third kappa shape index (κ3) is 4.48.